The van der Waals surface area contributed by atoms with Gasteiger partial charge < -0.3 is 10.4 Å². The lowest BCUT2D eigenvalue weighted by atomic mass is 10.1. The summed E-state index contributed by atoms with van der Waals surface area (Å²) in [7, 11) is -2.23. The second kappa shape index (κ2) is 6.51. The van der Waals surface area contributed by atoms with Crippen LogP contribution in [0.4, 0.5) is 5.69 Å². The maximum atomic E-state index is 11.8. The highest BCUT2D eigenvalue weighted by molar-refractivity contribution is 7.89. The van der Waals surface area contributed by atoms with Crippen molar-refractivity contribution in [2.24, 2.45) is 0 Å². The number of carbonyl (C=O) groups is 2. The third-order valence-corrected chi connectivity index (χ3v) is 4.35. The van der Waals surface area contributed by atoms with Gasteiger partial charge in [0, 0.05) is 16.8 Å². The predicted octanol–water partition coefficient (Wildman–Crippen LogP) is 0.954. The van der Waals surface area contributed by atoms with Crippen molar-refractivity contribution in [3.05, 3.63) is 35.4 Å². The molecule has 0 bridgehead atoms. The lowest BCUT2D eigenvalue weighted by Crippen LogP contribution is -2.19. The van der Waals surface area contributed by atoms with Crippen LogP contribution in [0.15, 0.2) is 40.3 Å². The first-order valence-corrected chi connectivity index (χ1v) is 7.43. The predicted molar refractivity (Wildman–Crippen MR) is 77.3 cm³/mol. The smallest absolute Gasteiger partial charge is 0.331 e. The number of carboxylic acids is 1. The number of benzene rings is 1. The SMILES string of the molecule is CNS(=O)(=O)c1ccc(NC(=O)C(C)=C(C)C(=O)O)cc1. The van der Waals surface area contributed by atoms with Gasteiger partial charge in [-0.1, -0.05) is 0 Å². The molecule has 0 aliphatic carbocycles. The van der Waals surface area contributed by atoms with E-state index in [4.69, 9.17) is 5.11 Å². The van der Waals surface area contributed by atoms with Crippen LogP contribution < -0.4 is 10.0 Å². The lowest BCUT2D eigenvalue weighted by molar-refractivity contribution is -0.133. The fourth-order valence-electron chi connectivity index (χ4n) is 1.39. The Balaban J connectivity index is 2.94. The largest absolute Gasteiger partial charge is 0.478 e. The molecule has 1 aromatic carbocycles. The molecule has 0 radical (unpaired) electrons. The number of amides is 1. The van der Waals surface area contributed by atoms with Crippen molar-refractivity contribution in [2.45, 2.75) is 18.7 Å². The number of rotatable bonds is 5. The van der Waals surface area contributed by atoms with Crippen LogP contribution in [0.1, 0.15) is 13.8 Å². The summed E-state index contributed by atoms with van der Waals surface area (Å²) in [4.78, 5) is 22.7. The van der Waals surface area contributed by atoms with Gasteiger partial charge in [0.2, 0.25) is 10.0 Å². The van der Waals surface area contributed by atoms with Crippen LogP contribution in [-0.2, 0) is 19.6 Å². The number of hydrogen-bond donors (Lipinski definition) is 3. The highest BCUT2D eigenvalue weighted by Crippen LogP contribution is 2.15. The Morgan fingerprint density at radius 2 is 1.57 bits per heavy atom. The third kappa shape index (κ3) is 4.14. The van der Waals surface area contributed by atoms with Crippen LogP contribution in [0.2, 0.25) is 0 Å². The molecule has 0 fully saturated rings. The Bertz CT molecular complexity index is 690. The highest BCUT2D eigenvalue weighted by atomic mass is 32.2. The molecular weight excluding hydrogens is 296 g/mol. The maximum absolute atomic E-state index is 11.8. The van der Waals surface area contributed by atoms with Crippen molar-refractivity contribution in [2.75, 3.05) is 12.4 Å². The summed E-state index contributed by atoms with van der Waals surface area (Å²) in [5.74, 6) is -1.72. The molecule has 0 unspecified atom stereocenters. The Kier molecular flexibility index (Phi) is 5.23. The molecule has 0 saturated carbocycles. The molecule has 21 heavy (non-hydrogen) atoms. The van der Waals surface area contributed by atoms with Crippen LogP contribution in [0.25, 0.3) is 0 Å². The van der Waals surface area contributed by atoms with Crippen LogP contribution in [0, 0.1) is 0 Å². The van der Waals surface area contributed by atoms with Crippen molar-refractivity contribution in [3.63, 3.8) is 0 Å². The van der Waals surface area contributed by atoms with Crippen LogP contribution >= 0.6 is 0 Å². The molecule has 1 aromatic rings. The highest BCUT2D eigenvalue weighted by Gasteiger charge is 2.14. The van der Waals surface area contributed by atoms with Gasteiger partial charge in [-0.3, -0.25) is 4.79 Å². The van der Waals surface area contributed by atoms with Crippen molar-refractivity contribution in [3.8, 4) is 0 Å². The molecular formula is C13H16N2O5S. The molecule has 1 rings (SSSR count). The minimum absolute atomic E-state index is 0.0538. The van der Waals surface area contributed by atoms with Gasteiger partial charge >= 0.3 is 5.97 Å². The summed E-state index contributed by atoms with van der Waals surface area (Å²) in [5.41, 5.74) is 0.392. The van der Waals surface area contributed by atoms with E-state index < -0.39 is 21.9 Å². The van der Waals surface area contributed by atoms with Gasteiger partial charge in [-0.2, -0.15) is 0 Å². The van der Waals surface area contributed by atoms with Gasteiger partial charge in [0.15, 0.2) is 0 Å². The van der Waals surface area contributed by atoms with E-state index in [1.807, 2.05) is 0 Å². The molecule has 0 atom stereocenters. The van der Waals surface area contributed by atoms with Crippen molar-refractivity contribution >= 4 is 27.6 Å². The van der Waals surface area contributed by atoms with Crippen LogP contribution in [0.5, 0.6) is 0 Å². The number of anilines is 1. The quantitative estimate of drug-likeness (QED) is 0.701. The summed E-state index contributed by atoms with van der Waals surface area (Å²) in [5, 5.41) is 11.3. The van der Waals surface area contributed by atoms with E-state index in [0.717, 1.165) is 0 Å². The Morgan fingerprint density at radius 3 is 2.00 bits per heavy atom. The summed E-state index contributed by atoms with van der Waals surface area (Å²) >= 11 is 0. The van der Waals surface area contributed by atoms with Crippen molar-refractivity contribution in [1.29, 1.82) is 0 Å². The molecule has 1 amide bonds. The minimum Gasteiger partial charge on any atom is -0.478 e. The summed E-state index contributed by atoms with van der Waals surface area (Å²) in [6, 6.07) is 5.52. The second-order valence-electron chi connectivity index (χ2n) is 4.24. The molecule has 8 heteroatoms. The zero-order valence-electron chi connectivity index (χ0n) is 11.8. The summed E-state index contributed by atoms with van der Waals surface area (Å²) in [6.45, 7) is 2.73. The van der Waals surface area contributed by atoms with Crippen LogP contribution in [-0.4, -0.2) is 32.4 Å². The monoisotopic (exact) mass is 312 g/mol. The average molecular weight is 312 g/mol. The van der Waals surface area contributed by atoms with Crippen molar-refractivity contribution < 1.29 is 23.1 Å². The molecule has 3 N–H and O–H groups in total. The zero-order chi connectivity index (χ0) is 16.2. The second-order valence-corrected chi connectivity index (χ2v) is 6.13. The first-order valence-electron chi connectivity index (χ1n) is 5.94. The number of nitrogens with one attached hydrogen (secondary N) is 2. The van der Waals surface area contributed by atoms with E-state index in [9.17, 15) is 18.0 Å². The number of carbonyl (C=O) groups excluding carboxylic acids is 1. The van der Waals surface area contributed by atoms with E-state index >= 15 is 0 Å². The molecule has 0 saturated heterocycles. The first kappa shape index (κ1) is 16.9. The summed E-state index contributed by atoms with van der Waals surface area (Å²) in [6.07, 6.45) is 0. The van der Waals surface area contributed by atoms with Gasteiger partial charge in [0.05, 0.1) is 4.90 Å². The molecule has 7 nitrogen and oxygen atoms in total. The fraction of sp³-hybridized carbons (Fsp3) is 0.231. The van der Waals surface area contributed by atoms with E-state index in [1.54, 1.807) is 0 Å². The molecule has 114 valence electrons. The third-order valence-electron chi connectivity index (χ3n) is 2.92. The van der Waals surface area contributed by atoms with Gasteiger partial charge in [0.1, 0.15) is 0 Å². The fourth-order valence-corrected chi connectivity index (χ4v) is 2.12. The normalized spacial score (nSPS) is 12.5. The Morgan fingerprint density at radius 1 is 1.05 bits per heavy atom. The average Bonchev–Trinajstić information content (AvgIpc) is 2.46. The van der Waals surface area contributed by atoms with E-state index in [1.165, 1.54) is 45.2 Å². The summed E-state index contributed by atoms with van der Waals surface area (Å²) < 4.78 is 25.2. The number of hydrogen-bond acceptors (Lipinski definition) is 4. The molecule has 0 heterocycles. The first-order chi connectivity index (χ1) is 9.69. The standard InChI is InChI=1S/C13H16N2O5S/c1-8(9(2)13(17)18)12(16)15-10-4-6-11(7-5-10)21(19,20)14-3/h4-7,14H,1-3H3,(H,15,16)(H,17,18). The van der Waals surface area contributed by atoms with Crippen LogP contribution in [0.3, 0.4) is 0 Å². The Labute approximate surface area is 122 Å². The topological polar surface area (TPSA) is 113 Å². The number of aliphatic carboxylic acids is 1. The lowest BCUT2D eigenvalue weighted by Gasteiger charge is -2.08. The van der Waals surface area contributed by atoms with Gasteiger partial charge in [0.25, 0.3) is 5.91 Å². The molecule has 0 spiro atoms. The Hall–Kier alpha value is -2.19. The zero-order valence-corrected chi connectivity index (χ0v) is 12.6. The van der Waals surface area contributed by atoms with Gasteiger partial charge in [-0.25, -0.2) is 17.9 Å². The minimum atomic E-state index is -3.53. The molecule has 0 aliphatic heterocycles. The van der Waals surface area contributed by atoms with Gasteiger partial charge in [-0.15, -0.1) is 0 Å². The van der Waals surface area contributed by atoms with E-state index in [2.05, 4.69) is 10.0 Å². The van der Waals surface area contributed by atoms with E-state index in [0.29, 0.717) is 5.69 Å². The van der Waals surface area contributed by atoms with E-state index in [-0.39, 0.29) is 16.0 Å². The molecule has 0 aliphatic rings. The maximum Gasteiger partial charge on any atom is 0.331 e. The number of sulfonamides is 1. The number of carboxylic acid groups (broad SMARTS) is 1. The van der Waals surface area contributed by atoms with Crippen molar-refractivity contribution in [1.82, 2.24) is 4.72 Å². The molecule has 0 aromatic heterocycles. The van der Waals surface area contributed by atoms with Gasteiger partial charge in [-0.05, 0) is 45.2 Å².